The fourth-order valence-electron chi connectivity index (χ4n) is 2.15. The van der Waals surface area contributed by atoms with Gasteiger partial charge in [-0.05, 0) is 35.4 Å². The Labute approximate surface area is 146 Å². The van der Waals surface area contributed by atoms with Gasteiger partial charge in [-0.1, -0.05) is 39.1 Å². The van der Waals surface area contributed by atoms with E-state index in [1.54, 1.807) is 12.1 Å². The van der Waals surface area contributed by atoms with Crippen LogP contribution in [0.3, 0.4) is 0 Å². The van der Waals surface area contributed by atoms with Crippen LogP contribution in [0.4, 0.5) is 0 Å². The van der Waals surface area contributed by atoms with Gasteiger partial charge in [0.05, 0.1) is 5.38 Å². The highest BCUT2D eigenvalue weighted by molar-refractivity contribution is 9.10. The summed E-state index contributed by atoms with van der Waals surface area (Å²) in [7, 11) is 0. The molecule has 0 fully saturated rings. The Morgan fingerprint density at radius 1 is 0.952 bits per heavy atom. The van der Waals surface area contributed by atoms with Crippen LogP contribution in [0.25, 0.3) is 0 Å². The molecule has 2 aromatic carbocycles. The van der Waals surface area contributed by atoms with Gasteiger partial charge in [0.25, 0.3) is 0 Å². The van der Waals surface area contributed by atoms with Crippen molar-refractivity contribution < 1.29 is 9.47 Å². The lowest BCUT2D eigenvalue weighted by atomic mass is 10.0. The predicted octanol–water partition coefficient (Wildman–Crippen LogP) is 5.86. The molecule has 0 spiro atoms. The summed E-state index contributed by atoms with van der Waals surface area (Å²) in [5.41, 5.74) is 1.60. The van der Waals surface area contributed by atoms with Crippen molar-refractivity contribution in [3.05, 3.63) is 56.0 Å². The van der Waals surface area contributed by atoms with Gasteiger partial charge in [0.15, 0.2) is 11.5 Å². The summed E-state index contributed by atoms with van der Waals surface area (Å²) in [6.45, 7) is 1.04. The lowest BCUT2D eigenvalue weighted by molar-refractivity contribution is 0.171. The minimum Gasteiger partial charge on any atom is -0.486 e. The fraction of sp³-hybridized carbons (Fsp3) is 0.200. The molecule has 21 heavy (non-hydrogen) atoms. The van der Waals surface area contributed by atoms with E-state index in [1.165, 1.54) is 0 Å². The van der Waals surface area contributed by atoms with Gasteiger partial charge in [0, 0.05) is 20.6 Å². The van der Waals surface area contributed by atoms with Crippen LogP contribution >= 0.6 is 50.7 Å². The fourth-order valence-corrected chi connectivity index (χ4v) is 3.62. The van der Waals surface area contributed by atoms with Crippen molar-refractivity contribution in [2.24, 2.45) is 0 Å². The Bertz CT molecular complexity index is 691. The van der Waals surface area contributed by atoms with E-state index in [2.05, 4.69) is 15.9 Å². The van der Waals surface area contributed by atoms with Gasteiger partial charge in [-0.3, -0.25) is 0 Å². The van der Waals surface area contributed by atoms with E-state index in [-0.39, 0.29) is 0 Å². The first-order chi connectivity index (χ1) is 10.1. The summed E-state index contributed by atoms with van der Waals surface area (Å²) in [5, 5.41) is 0.708. The summed E-state index contributed by atoms with van der Waals surface area (Å²) >= 11 is 22.4. The van der Waals surface area contributed by atoms with E-state index in [9.17, 15) is 0 Å². The molecule has 0 saturated carbocycles. The van der Waals surface area contributed by atoms with Crippen molar-refractivity contribution in [1.82, 2.24) is 0 Å². The highest BCUT2D eigenvalue weighted by Gasteiger charge is 2.22. The molecule has 1 heterocycles. The first-order valence-electron chi connectivity index (χ1n) is 6.24. The Morgan fingerprint density at radius 3 is 2.33 bits per heavy atom. The molecule has 110 valence electrons. The number of hydrogen-bond donors (Lipinski definition) is 0. The number of alkyl halides is 1. The highest BCUT2D eigenvalue weighted by atomic mass is 79.9. The molecule has 3 rings (SSSR count). The number of ether oxygens (including phenoxy) is 2. The van der Waals surface area contributed by atoms with Crippen molar-refractivity contribution in [2.75, 3.05) is 13.2 Å². The van der Waals surface area contributed by atoms with E-state index in [0.717, 1.165) is 15.6 Å². The molecule has 1 atom stereocenters. The van der Waals surface area contributed by atoms with E-state index in [4.69, 9.17) is 44.3 Å². The number of fused-ring (bicyclic) bond motifs is 1. The van der Waals surface area contributed by atoms with Crippen molar-refractivity contribution in [2.45, 2.75) is 5.38 Å². The Kier molecular flexibility index (Phi) is 4.55. The number of rotatable bonds is 2. The van der Waals surface area contributed by atoms with Crippen molar-refractivity contribution >= 4 is 50.7 Å². The molecule has 0 amide bonds. The Hall–Kier alpha value is -0.610. The molecule has 0 aliphatic carbocycles. The van der Waals surface area contributed by atoms with Crippen molar-refractivity contribution in [1.29, 1.82) is 0 Å². The molecular formula is C15H10BrCl3O2. The van der Waals surface area contributed by atoms with Gasteiger partial charge in [-0.15, -0.1) is 11.6 Å². The molecule has 0 bridgehead atoms. The van der Waals surface area contributed by atoms with Crippen LogP contribution in [0.1, 0.15) is 16.5 Å². The maximum atomic E-state index is 6.59. The van der Waals surface area contributed by atoms with Crippen LogP contribution < -0.4 is 9.47 Å². The van der Waals surface area contributed by atoms with Gasteiger partial charge in [0.1, 0.15) is 13.2 Å². The van der Waals surface area contributed by atoms with E-state index >= 15 is 0 Å². The zero-order chi connectivity index (χ0) is 15.0. The lowest BCUT2D eigenvalue weighted by Crippen LogP contribution is -2.15. The third-order valence-electron chi connectivity index (χ3n) is 3.17. The average molecular weight is 409 g/mol. The third kappa shape index (κ3) is 3.11. The number of benzene rings is 2. The molecule has 0 aromatic heterocycles. The molecule has 0 N–H and O–H groups in total. The zero-order valence-corrected chi connectivity index (χ0v) is 14.6. The Balaban J connectivity index is 2.05. The molecule has 0 saturated heterocycles. The smallest absolute Gasteiger partial charge is 0.162 e. The van der Waals surface area contributed by atoms with Gasteiger partial charge in [0.2, 0.25) is 0 Å². The zero-order valence-electron chi connectivity index (χ0n) is 10.7. The molecule has 1 aliphatic heterocycles. The maximum Gasteiger partial charge on any atom is 0.162 e. The largest absolute Gasteiger partial charge is 0.486 e. The minimum atomic E-state index is -0.443. The van der Waals surface area contributed by atoms with Crippen LogP contribution in [0.2, 0.25) is 10.0 Å². The molecule has 2 nitrogen and oxygen atoms in total. The van der Waals surface area contributed by atoms with E-state index in [0.29, 0.717) is 34.8 Å². The highest BCUT2D eigenvalue weighted by Crippen LogP contribution is 2.43. The first kappa shape index (κ1) is 15.3. The number of halogens is 4. The molecular weight excluding hydrogens is 398 g/mol. The second-order valence-corrected chi connectivity index (χ2v) is 6.68. The summed E-state index contributed by atoms with van der Waals surface area (Å²) in [4.78, 5) is 0. The maximum absolute atomic E-state index is 6.59. The van der Waals surface area contributed by atoms with Crippen molar-refractivity contribution in [3.63, 3.8) is 0 Å². The first-order valence-corrected chi connectivity index (χ1v) is 8.23. The summed E-state index contributed by atoms with van der Waals surface area (Å²) in [6.07, 6.45) is 0. The molecule has 1 aliphatic rings. The van der Waals surface area contributed by atoms with Crippen LogP contribution in [0.5, 0.6) is 11.5 Å². The SMILES string of the molecule is Clc1ccc(Br)c(C(Cl)c2cc3c(cc2Cl)OCCO3)c1. The molecule has 6 heteroatoms. The molecule has 1 unspecified atom stereocenters. The van der Waals surface area contributed by atoms with Crippen molar-refractivity contribution in [3.8, 4) is 11.5 Å². The van der Waals surface area contributed by atoms with Gasteiger partial charge in [-0.25, -0.2) is 0 Å². The predicted molar refractivity (Wildman–Crippen MR) is 89.3 cm³/mol. The number of hydrogen-bond acceptors (Lipinski definition) is 2. The normalized spacial score (nSPS) is 14.9. The minimum absolute atomic E-state index is 0.443. The summed E-state index contributed by atoms with van der Waals surface area (Å²) < 4.78 is 12.0. The molecule has 2 aromatic rings. The standard InChI is InChI=1S/C15H10BrCl3O2/c16-11-2-1-8(17)5-9(11)15(19)10-6-13-14(7-12(10)18)21-4-3-20-13/h1-2,5-7,15H,3-4H2. The van der Waals surface area contributed by atoms with Crippen LogP contribution in [-0.2, 0) is 0 Å². The van der Waals surface area contributed by atoms with Crippen LogP contribution in [0, 0.1) is 0 Å². The van der Waals surface area contributed by atoms with E-state index < -0.39 is 5.38 Å². The second kappa shape index (κ2) is 6.25. The van der Waals surface area contributed by atoms with Crippen LogP contribution in [0.15, 0.2) is 34.8 Å². The lowest BCUT2D eigenvalue weighted by Gasteiger charge is -2.21. The average Bonchev–Trinajstić information content (AvgIpc) is 2.48. The van der Waals surface area contributed by atoms with Gasteiger partial charge < -0.3 is 9.47 Å². The van der Waals surface area contributed by atoms with Gasteiger partial charge >= 0.3 is 0 Å². The van der Waals surface area contributed by atoms with E-state index in [1.807, 2.05) is 18.2 Å². The second-order valence-electron chi connectivity index (χ2n) is 4.55. The Morgan fingerprint density at radius 2 is 1.62 bits per heavy atom. The monoisotopic (exact) mass is 406 g/mol. The molecule has 0 radical (unpaired) electrons. The third-order valence-corrected chi connectivity index (χ3v) is 4.92. The quantitative estimate of drug-likeness (QED) is 0.580. The summed E-state index contributed by atoms with van der Waals surface area (Å²) in [5.74, 6) is 1.30. The van der Waals surface area contributed by atoms with Gasteiger partial charge in [-0.2, -0.15) is 0 Å². The topological polar surface area (TPSA) is 18.5 Å². The summed E-state index contributed by atoms with van der Waals surface area (Å²) in [6, 6.07) is 9.03. The van der Waals surface area contributed by atoms with Crippen LogP contribution in [-0.4, -0.2) is 13.2 Å².